The lowest BCUT2D eigenvalue weighted by Gasteiger charge is -2.30. The van der Waals surface area contributed by atoms with Gasteiger partial charge in [-0.3, -0.25) is 4.79 Å². The topological polar surface area (TPSA) is 90.4 Å². The van der Waals surface area contributed by atoms with Crippen molar-refractivity contribution in [2.24, 2.45) is 11.7 Å². The molecule has 6 heteroatoms. The SMILES string of the molecule is C=C(CCC(=O)NC(C/C=C/CN)C1CCOCC1)Sc1cc(C(C)C)ccc1N. The average molecular weight is 432 g/mol. The Kier molecular flexibility index (Phi) is 10.5. The van der Waals surface area contributed by atoms with E-state index in [0.717, 1.165) is 48.0 Å². The minimum Gasteiger partial charge on any atom is -0.398 e. The molecular formula is C24H37N3O2S. The molecule has 0 bridgehead atoms. The number of nitrogen functional groups attached to an aromatic ring is 1. The van der Waals surface area contributed by atoms with Crippen molar-refractivity contribution < 1.29 is 9.53 Å². The number of benzene rings is 1. The van der Waals surface area contributed by atoms with E-state index in [9.17, 15) is 4.79 Å². The maximum atomic E-state index is 12.6. The number of rotatable bonds is 11. The minimum atomic E-state index is 0.0679. The molecule has 0 aromatic heterocycles. The summed E-state index contributed by atoms with van der Waals surface area (Å²) >= 11 is 1.57. The number of thioether (sulfide) groups is 1. The molecule has 166 valence electrons. The highest BCUT2D eigenvalue weighted by Crippen LogP contribution is 2.34. The Morgan fingerprint density at radius 2 is 2.03 bits per heavy atom. The van der Waals surface area contributed by atoms with Gasteiger partial charge in [-0.15, -0.1) is 0 Å². The molecule has 1 aliphatic rings. The molecule has 0 spiro atoms. The van der Waals surface area contributed by atoms with Crippen LogP contribution in [0.5, 0.6) is 0 Å². The summed E-state index contributed by atoms with van der Waals surface area (Å²) in [7, 11) is 0. The van der Waals surface area contributed by atoms with Crippen molar-refractivity contribution in [2.45, 2.75) is 62.8 Å². The summed E-state index contributed by atoms with van der Waals surface area (Å²) in [6.07, 6.45) is 7.84. The maximum absolute atomic E-state index is 12.6. The molecule has 30 heavy (non-hydrogen) atoms. The molecule has 0 aliphatic carbocycles. The van der Waals surface area contributed by atoms with Crippen molar-refractivity contribution in [3.8, 4) is 0 Å². The third-order valence-electron chi connectivity index (χ3n) is 5.46. The Balaban J connectivity index is 1.87. The van der Waals surface area contributed by atoms with Gasteiger partial charge in [0, 0.05) is 42.8 Å². The Hall–Kier alpha value is -1.76. The second-order valence-corrected chi connectivity index (χ2v) is 9.38. The van der Waals surface area contributed by atoms with Gasteiger partial charge in [-0.25, -0.2) is 0 Å². The van der Waals surface area contributed by atoms with Gasteiger partial charge in [0.25, 0.3) is 0 Å². The predicted octanol–water partition coefficient (Wildman–Crippen LogP) is 4.59. The predicted molar refractivity (Wildman–Crippen MR) is 127 cm³/mol. The van der Waals surface area contributed by atoms with E-state index in [-0.39, 0.29) is 11.9 Å². The first kappa shape index (κ1) is 24.5. The number of ether oxygens (including phenoxy) is 1. The van der Waals surface area contributed by atoms with Crippen LogP contribution in [0.4, 0.5) is 5.69 Å². The normalized spacial score (nSPS) is 16.1. The third-order valence-corrected chi connectivity index (χ3v) is 6.53. The lowest BCUT2D eigenvalue weighted by atomic mass is 9.89. The fraction of sp³-hybridized carbons (Fsp3) is 0.542. The van der Waals surface area contributed by atoms with Crippen molar-refractivity contribution in [3.63, 3.8) is 0 Å². The van der Waals surface area contributed by atoms with Gasteiger partial charge >= 0.3 is 0 Å². The molecule has 5 nitrogen and oxygen atoms in total. The van der Waals surface area contributed by atoms with Crippen molar-refractivity contribution in [1.82, 2.24) is 5.32 Å². The van der Waals surface area contributed by atoms with Crippen LogP contribution in [-0.4, -0.2) is 31.7 Å². The zero-order valence-corrected chi connectivity index (χ0v) is 19.2. The molecule has 1 saturated heterocycles. The van der Waals surface area contributed by atoms with Gasteiger partial charge in [0.05, 0.1) is 0 Å². The number of nitrogens with one attached hydrogen (secondary N) is 1. The average Bonchev–Trinajstić information content (AvgIpc) is 2.73. The van der Waals surface area contributed by atoms with Gasteiger partial charge in [0.1, 0.15) is 0 Å². The van der Waals surface area contributed by atoms with Crippen LogP contribution in [0.3, 0.4) is 0 Å². The van der Waals surface area contributed by atoms with E-state index in [1.54, 1.807) is 11.8 Å². The molecule has 0 saturated carbocycles. The minimum absolute atomic E-state index is 0.0679. The van der Waals surface area contributed by atoms with Crippen LogP contribution in [-0.2, 0) is 9.53 Å². The largest absolute Gasteiger partial charge is 0.398 e. The molecule has 1 aromatic carbocycles. The van der Waals surface area contributed by atoms with Gasteiger partial charge in [0.2, 0.25) is 5.91 Å². The zero-order valence-electron chi connectivity index (χ0n) is 18.4. The van der Waals surface area contributed by atoms with Crippen molar-refractivity contribution >= 4 is 23.4 Å². The van der Waals surface area contributed by atoms with E-state index in [0.29, 0.717) is 31.2 Å². The molecule has 1 aromatic rings. The molecule has 1 atom stereocenters. The quantitative estimate of drug-likeness (QED) is 0.271. The van der Waals surface area contributed by atoms with E-state index < -0.39 is 0 Å². The van der Waals surface area contributed by atoms with Crippen LogP contribution in [0.2, 0.25) is 0 Å². The first-order valence-corrected chi connectivity index (χ1v) is 11.7. The van der Waals surface area contributed by atoms with E-state index in [1.807, 2.05) is 12.1 Å². The molecule has 1 aliphatic heterocycles. The molecule has 1 unspecified atom stereocenters. The van der Waals surface area contributed by atoms with Crippen LogP contribution in [0.1, 0.15) is 57.4 Å². The number of hydrogen-bond acceptors (Lipinski definition) is 5. The lowest BCUT2D eigenvalue weighted by Crippen LogP contribution is -2.42. The molecule has 0 radical (unpaired) electrons. The number of hydrogen-bond donors (Lipinski definition) is 3. The van der Waals surface area contributed by atoms with Crippen LogP contribution >= 0.6 is 11.8 Å². The van der Waals surface area contributed by atoms with E-state index in [4.69, 9.17) is 16.2 Å². The van der Waals surface area contributed by atoms with E-state index in [2.05, 4.69) is 44.0 Å². The second-order valence-electron chi connectivity index (χ2n) is 8.16. The Labute approximate surface area is 185 Å². The monoisotopic (exact) mass is 431 g/mol. The molecule has 1 heterocycles. The first-order chi connectivity index (χ1) is 14.4. The molecule has 1 fully saturated rings. The van der Waals surface area contributed by atoms with E-state index >= 15 is 0 Å². The van der Waals surface area contributed by atoms with Crippen LogP contribution < -0.4 is 16.8 Å². The Morgan fingerprint density at radius 3 is 2.70 bits per heavy atom. The molecule has 5 N–H and O–H groups in total. The molecule has 1 amide bonds. The van der Waals surface area contributed by atoms with Crippen molar-refractivity contribution in [2.75, 3.05) is 25.5 Å². The number of allylic oxidation sites excluding steroid dienone is 1. The summed E-state index contributed by atoms with van der Waals surface area (Å²) in [5.74, 6) is 0.957. The summed E-state index contributed by atoms with van der Waals surface area (Å²) in [6, 6.07) is 6.27. The molecular weight excluding hydrogens is 394 g/mol. The molecule has 2 rings (SSSR count). The highest BCUT2D eigenvalue weighted by atomic mass is 32.2. The lowest BCUT2D eigenvalue weighted by molar-refractivity contribution is -0.122. The fourth-order valence-electron chi connectivity index (χ4n) is 3.56. The van der Waals surface area contributed by atoms with Gasteiger partial charge in [-0.05, 0) is 60.1 Å². The van der Waals surface area contributed by atoms with Gasteiger partial charge in [-0.1, -0.05) is 50.4 Å². The number of nitrogens with two attached hydrogens (primary N) is 2. The van der Waals surface area contributed by atoms with Gasteiger partial charge in [-0.2, -0.15) is 0 Å². The number of anilines is 1. The van der Waals surface area contributed by atoms with Crippen LogP contribution in [0.25, 0.3) is 0 Å². The van der Waals surface area contributed by atoms with Gasteiger partial charge < -0.3 is 21.5 Å². The first-order valence-electron chi connectivity index (χ1n) is 10.9. The zero-order chi connectivity index (χ0) is 21.9. The van der Waals surface area contributed by atoms with Crippen molar-refractivity contribution in [1.29, 1.82) is 0 Å². The highest BCUT2D eigenvalue weighted by Gasteiger charge is 2.24. The number of carbonyl (C=O) groups is 1. The summed E-state index contributed by atoms with van der Waals surface area (Å²) in [5, 5.41) is 3.24. The summed E-state index contributed by atoms with van der Waals surface area (Å²) in [5.41, 5.74) is 13.7. The number of carbonyl (C=O) groups excluding carboxylic acids is 1. The van der Waals surface area contributed by atoms with Crippen LogP contribution in [0, 0.1) is 5.92 Å². The summed E-state index contributed by atoms with van der Waals surface area (Å²) < 4.78 is 5.47. The summed E-state index contributed by atoms with van der Waals surface area (Å²) in [6.45, 7) is 10.5. The van der Waals surface area contributed by atoms with Crippen LogP contribution in [0.15, 0.2) is 46.7 Å². The highest BCUT2D eigenvalue weighted by molar-refractivity contribution is 8.03. The Morgan fingerprint density at radius 1 is 1.30 bits per heavy atom. The summed E-state index contributed by atoms with van der Waals surface area (Å²) in [4.78, 5) is 14.6. The maximum Gasteiger partial charge on any atom is 0.220 e. The van der Waals surface area contributed by atoms with Gasteiger partial charge in [0.15, 0.2) is 0 Å². The second kappa shape index (κ2) is 12.8. The smallest absolute Gasteiger partial charge is 0.220 e. The van der Waals surface area contributed by atoms with Crippen molar-refractivity contribution in [3.05, 3.63) is 47.4 Å². The fourth-order valence-corrected chi connectivity index (χ4v) is 4.46. The Bertz CT molecular complexity index is 727. The van der Waals surface area contributed by atoms with E-state index in [1.165, 1.54) is 5.56 Å². The number of amides is 1. The third kappa shape index (κ3) is 8.17. The standard InChI is InChI=1S/C24H37N3O2S/c1-17(2)20-8-9-21(26)23(16-20)30-18(3)7-10-24(28)27-22(6-4-5-13-25)19-11-14-29-15-12-19/h4-5,8-9,16-17,19,22H,3,6-7,10-15,25-26H2,1-2H3,(H,27,28)/b5-4+.